The molecule has 0 aromatic heterocycles. The van der Waals surface area contributed by atoms with E-state index >= 15 is 0 Å². The normalized spacial score (nSPS) is 10.9. The fourth-order valence-corrected chi connectivity index (χ4v) is 1.93. The van der Waals surface area contributed by atoms with Crippen molar-refractivity contribution in [3.63, 3.8) is 0 Å². The smallest absolute Gasteiger partial charge is 0.335 e. The van der Waals surface area contributed by atoms with E-state index in [0.717, 1.165) is 11.3 Å². The Morgan fingerprint density at radius 2 is 1.76 bits per heavy atom. The second kappa shape index (κ2) is 8.48. The average Bonchev–Trinajstić information content (AvgIpc) is 2.61. The summed E-state index contributed by atoms with van der Waals surface area (Å²) in [5, 5.41) is 15.6. The van der Waals surface area contributed by atoms with Gasteiger partial charge in [-0.1, -0.05) is 17.7 Å². The first-order valence-corrected chi connectivity index (χ1v) is 7.38. The summed E-state index contributed by atoms with van der Waals surface area (Å²) in [4.78, 5) is 27.3. The number of benzene rings is 2. The van der Waals surface area contributed by atoms with Crippen molar-refractivity contribution in [2.75, 3.05) is 5.32 Å². The van der Waals surface area contributed by atoms with Crippen LogP contribution in [-0.4, -0.2) is 17.1 Å². The molecule has 0 aliphatic heterocycles. The largest absolute Gasteiger partial charge is 0.478 e. The Balaban J connectivity index is 1.93. The Bertz CT molecular complexity index is 770. The number of hydrogen-bond donors (Lipinski definition) is 5. The van der Waals surface area contributed by atoms with Crippen LogP contribution in [0.5, 0.6) is 0 Å². The number of aryl methyl sites for hydroxylation is 1. The van der Waals surface area contributed by atoms with Crippen molar-refractivity contribution in [2.24, 2.45) is 5.90 Å². The van der Waals surface area contributed by atoms with Crippen molar-refractivity contribution in [1.29, 1.82) is 0 Å². The van der Waals surface area contributed by atoms with Crippen LogP contribution in [-0.2, 0) is 4.84 Å². The number of amides is 2. The summed E-state index contributed by atoms with van der Waals surface area (Å²) in [6, 6.07) is 13.0. The zero-order valence-corrected chi connectivity index (χ0v) is 13.5. The lowest BCUT2D eigenvalue weighted by Gasteiger charge is -2.08. The third-order valence-corrected chi connectivity index (χ3v) is 3.26. The van der Waals surface area contributed by atoms with E-state index in [0.29, 0.717) is 5.69 Å². The molecule has 7 N–H and O–H groups in total. The molecule has 0 unspecified atom stereocenters. The molecule has 8 heteroatoms. The van der Waals surface area contributed by atoms with E-state index in [2.05, 4.69) is 15.5 Å². The maximum absolute atomic E-state index is 11.9. The maximum atomic E-state index is 11.9. The molecule has 0 aliphatic carbocycles. The maximum Gasteiger partial charge on any atom is 0.335 e. The quantitative estimate of drug-likeness (QED) is 0.307. The molecule has 25 heavy (non-hydrogen) atoms. The number of hydrogen-bond acceptors (Lipinski definition) is 4. The SMILES string of the molecule is Cc1ccc(NC(=O)N/C(=C/[NH2+]c2ccc(C(=O)O)cc2)ON)cc1. The van der Waals surface area contributed by atoms with Crippen LogP contribution in [0.1, 0.15) is 15.9 Å². The Hall–Kier alpha value is -3.36. The number of aromatic carboxylic acids is 1. The van der Waals surface area contributed by atoms with E-state index in [1.54, 1.807) is 29.6 Å². The van der Waals surface area contributed by atoms with Crippen molar-refractivity contribution in [1.82, 2.24) is 5.32 Å². The van der Waals surface area contributed by atoms with Gasteiger partial charge in [-0.3, -0.25) is 10.6 Å². The van der Waals surface area contributed by atoms with E-state index in [-0.39, 0.29) is 11.4 Å². The minimum absolute atomic E-state index is 0.0342. The molecular weight excluding hydrogens is 324 g/mol. The molecule has 0 fully saturated rings. The highest BCUT2D eigenvalue weighted by molar-refractivity contribution is 5.90. The first-order valence-electron chi connectivity index (χ1n) is 7.38. The fraction of sp³-hybridized carbons (Fsp3) is 0.0588. The van der Waals surface area contributed by atoms with Gasteiger partial charge >= 0.3 is 12.0 Å². The summed E-state index contributed by atoms with van der Waals surface area (Å²) in [5.41, 5.74) is 2.63. The van der Waals surface area contributed by atoms with E-state index in [1.807, 2.05) is 19.1 Å². The lowest BCUT2D eigenvalue weighted by atomic mass is 10.2. The van der Waals surface area contributed by atoms with Gasteiger partial charge in [-0.25, -0.2) is 9.59 Å². The van der Waals surface area contributed by atoms with Gasteiger partial charge in [0.15, 0.2) is 6.20 Å². The number of nitrogens with two attached hydrogens (primary N) is 2. The van der Waals surface area contributed by atoms with E-state index in [1.165, 1.54) is 18.3 Å². The molecule has 2 rings (SSSR count). The molecule has 0 radical (unpaired) electrons. The predicted molar refractivity (Wildman–Crippen MR) is 91.7 cm³/mol. The molecule has 0 bridgehead atoms. The lowest BCUT2D eigenvalue weighted by molar-refractivity contribution is -0.499. The zero-order valence-electron chi connectivity index (χ0n) is 13.5. The summed E-state index contributed by atoms with van der Waals surface area (Å²) in [6.45, 7) is 1.95. The number of carboxylic acid groups (broad SMARTS) is 1. The number of nitrogens with one attached hydrogen (secondary N) is 2. The number of carbonyl (C=O) groups is 2. The second-order valence-electron chi connectivity index (χ2n) is 5.19. The van der Waals surface area contributed by atoms with Crippen molar-refractivity contribution < 1.29 is 24.8 Å². The summed E-state index contributed by atoms with van der Waals surface area (Å²) in [7, 11) is 0. The highest BCUT2D eigenvalue weighted by Gasteiger charge is 2.08. The third-order valence-electron chi connectivity index (χ3n) is 3.26. The van der Waals surface area contributed by atoms with Gasteiger partial charge in [-0.15, -0.1) is 0 Å². The summed E-state index contributed by atoms with van der Waals surface area (Å²) in [5.74, 6) is 4.19. The van der Waals surface area contributed by atoms with E-state index in [4.69, 9.17) is 11.0 Å². The van der Waals surface area contributed by atoms with Crippen LogP contribution in [0, 0.1) is 6.92 Å². The molecule has 2 amide bonds. The van der Waals surface area contributed by atoms with Crippen molar-refractivity contribution in [2.45, 2.75) is 6.92 Å². The minimum Gasteiger partial charge on any atom is -0.478 e. The molecule has 0 saturated heterocycles. The van der Waals surface area contributed by atoms with Gasteiger partial charge in [0, 0.05) is 17.8 Å². The average molecular weight is 343 g/mol. The van der Waals surface area contributed by atoms with Crippen LogP contribution in [0.3, 0.4) is 0 Å². The molecule has 0 saturated carbocycles. The molecule has 8 nitrogen and oxygen atoms in total. The molecule has 2 aromatic rings. The van der Waals surface area contributed by atoms with Gasteiger partial charge in [0.25, 0.3) is 5.88 Å². The van der Waals surface area contributed by atoms with Gasteiger partial charge in [-0.2, -0.15) is 5.90 Å². The van der Waals surface area contributed by atoms with Crippen molar-refractivity contribution >= 4 is 23.4 Å². The van der Waals surface area contributed by atoms with Gasteiger partial charge < -0.3 is 15.3 Å². The zero-order chi connectivity index (χ0) is 18.2. The van der Waals surface area contributed by atoms with Crippen molar-refractivity contribution in [3.05, 3.63) is 71.7 Å². The summed E-state index contributed by atoms with van der Waals surface area (Å²) in [6.07, 6.45) is 1.46. The molecule has 130 valence electrons. The topological polar surface area (TPSA) is 130 Å². The number of rotatable bonds is 6. The summed E-state index contributed by atoms with van der Waals surface area (Å²) < 4.78 is 0. The van der Waals surface area contributed by atoms with Crippen LogP contribution in [0.4, 0.5) is 16.2 Å². The molecule has 0 spiro atoms. The van der Waals surface area contributed by atoms with Gasteiger partial charge in [0.1, 0.15) is 5.69 Å². The van der Waals surface area contributed by atoms with Crippen LogP contribution >= 0.6 is 0 Å². The van der Waals surface area contributed by atoms with E-state index < -0.39 is 12.0 Å². The molecule has 2 aromatic carbocycles. The van der Waals surface area contributed by atoms with Gasteiger partial charge in [0.2, 0.25) is 0 Å². The molecular formula is C17H19N4O4+. The number of urea groups is 1. The summed E-state index contributed by atoms with van der Waals surface area (Å²) >= 11 is 0. The predicted octanol–water partition coefficient (Wildman–Crippen LogP) is 1.40. The molecule has 0 heterocycles. The Morgan fingerprint density at radius 3 is 2.32 bits per heavy atom. The van der Waals surface area contributed by atoms with Crippen molar-refractivity contribution in [3.8, 4) is 0 Å². The van der Waals surface area contributed by atoms with E-state index in [9.17, 15) is 9.59 Å². The van der Waals surface area contributed by atoms with Crippen LogP contribution in [0.25, 0.3) is 0 Å². The Labute approximate surface area is 144 Å². The number of carbonyl (C=O) groups excluding carboxylic acids is 1. The van der Waals surface area contributed by atoms with Gasteiger partial charge in [-0.05, 0) is 31.2 Å². The Morgan fingerprint density at radius 1 is 1.12 bits per heavy atom. The second-order valence-corrected chi connectivity index (χ2v) is 5.19. The van der Waals surface area contributed by atoms with Crippen LogP contribution < -0.4 is 21.8 Å². The monoisotopic (exact) mass is 343 g/mol. The first-order chi connectivity index (χ1) is 12.0. The fourth-order valence-electron chi connectivity index (χ4n) is 1.93. The van der Waals surface area contributed by atoms with Crippen LogP contribution in [0.2, 0.25) is 0 Å². The first kappa shape index (κ1) is 18.0. The molecule has 0 aliphatic rings. The minimum atomic E-state index is -0.998. The van der Waals surface area contributed by atoms with Crippen LogP contribution in [0.15, 0.2) is 60.6 Å². The standard InChI is InChI=1S/C17H18N4O4/c1-11-2-6-14(7-3-11)20-17(24)21-15(25-18)10-19-13-8-4-12(5-9-13)16(22)23/h2-10,19H,18H2,1H3,(H,22,23)(H2,20,21,24)/p+1/b15-10-. The number of anilines is 1. The lowest BCUT2D eigenvalue weighted by Crippen LogP contribution is -2.71. The van der Waals surface area contributed by atoms with Gasteiger partial charge in [0.05, 0.1) is 5.56 Å². The highest BCUT2D eigenvalue weighted by atomic mass is 16.6. The highest BCUT2D eigenvalue weighted by Crippen LogP contribution is 2.08. The Kier molecular flexibility index (Phi) is 6.10. The number of quaternary nitrogens is 1. The molecule has 0 atom stereocenters. The third kappa shape index (κ3) is 5.65. The number of carboxylic acids is 1.